The van der Waals surface area contributed by atoms with Crippen LogP contribution < -0.4 is 11.1 Å². The van der Waals surface area contributed by atoms with Crippen LogP contribution in [-0.2, 0) is 16.0 Å². The van der Waals surface area contributed by atoms with Crippen LogP contribution in [0.25, 0.3) is 10.9 Å². The first kappa shape index (κ1) is 19.9. The molecule has 0 saturated carbocycles. The number of amides is 1. The molecule has 7 heteroatoms. The van der Waals surface area contributed by atoms with E-state index in [9.17, 15) is 14.7 Å². The van der Waals surface area contributed by atoms with Gasteiger partial charge < -0.3 is 16.2 Å². The Bertz CT molecular complexity index is 992. The first-order valence-electron chi connectivity index (χ1n) is 8.84. The Morgan fingerprint density at radius 2 is 1.82 bits per heavy atom. The minimum absolute atomic E-state index is 0.153. The number of rotatable bonds is 6. The van der Waals surface area contributed by atoms with Crippen molar-refractivity contribution < 1.29 is 14.7 Å². The second-order valence-electron chi connectivity index (χ2n) is 6.47. The highest BCUT2D eigenvalue weighted by Gasteiger charge is 2.21. The second kappa shape index (κ2) is 8.86. The van der Waals surface area contributed by atoms with Gasteiger partial charge >= 0.3 is 0 Å². The zero-order valence-electron chi connectivity index (χ0n) is 15.3. The summed E-state index contributed by atoms with van der Waals surface area (Å²) in [7, 11) is 0. The molecular formula is C21H21N3O3S. The number of hydrogen-bond acceptors (Lipinski definition) is 6. The minimum Gasteiger partial charge on any atom is -0.508 e. The van der Waals surface area contributed by atoms with Crippen LogP contribution in [0.2, 0.25) is 0 Å². The third kappa shape index (κ3) is 5.09. The third-order valence-corrected chi connectivity index (χ3v) is 5.21. The summed E-state index contributed by atoms with van der Waals surface area (Å²) in [6.45, 7) is 1.63. The average Bonchev–Trinajstić information content (AvgIpc) is 2.69. The van der Waals surface area contributed by atoms with Crippen LogP contribution >= 0.6 is 11.8 Å². The molecule has 0 bridgehead atoms. The van der Waals surface area contributed by atoms with Crippen LogP contribution in [0.5, 0.6) is 5.75 Å². The standard InChI is InChI=1S/C21H21N3O3S/c1-13(23-20(26)17(22)12-14-6-9-16(25)10-7-14)21(27)28-19-11-8-15-4-2-3-5-18(15)24-19/h2-11,13,17,25H,12,22H2,1H3,(H,23,26)/t13-,17-/m0/s1. The molecule has 0 aliphatic carbocycles. The van der Waals surface area contributed by atoms with Gasteiger partial charge in [-0.2, -0.15) is 0 Å². The van der Waals surface area contributed by atoms with E-state index in [0.29, 0.717) is 11.4 Å². The molecule has 3 rings (SSSR count). The van der Waals surface area contributed by atoms with Gasteiger partial charge in [-0.15, -0.1) is 0 Å². The minimum atomic E-state index is -0.788. The number of phenols is 1. The average molecular weight is 395 g/mol. The van der Waals surface area contributed by atoms with Crippen molar-refractivity contribution in [1.29, 1.82) is 0 Å². The molecule has 0 aliphatic rings. The van der Waals surface area contributed by atoms with Gasteiger partial charge in [-0.05, 0) is 54.9 Å². The molecule has 0 fully saturated rings. The van der Waals surface area contributed by atoms with Gasteiger partial charge in [0, 0.05) is 5.39 Å². The summed E-state index contributed by atoms with van der Waals surface area (Å²) in [6.07, 6.45) is 0.312. The Hall–Kier alpha value is -2.90. The van der Waals surface area contributed by atoms with E-state index in [4.69, 9.17) is 5.73 Å². The maximum atomic E-state index is 12.4. The van der Waals surface area contributed by atoms with Crippen molar-refractivity contribution in [3.63, 3.8) is 0 Å². The van der Waals surface area contributed by atoms with Crippen LogP contribution in [-0.4, -0.2) is 33.2 Å². The molecule has 0 spiro atoms. The number of fused-ring (bicyclic) bond motifs is 1. The predicted octanol–water partition coefficient (Wildman–Crippen LogP) is 2.63. The number of para-hydroxylation sites is 1. The summed E-state index contributed by atoms with van der Waals surface area (Å²) in [5, 5.41) is 13.3. The van der Waals surface area contributed by atoms with Crippen LogP contribution in [0, 0.1) is 0 Å². The number of aromatic hydroxyl groups is 1. The fourth-order valence-corrected chi connectivity index (χ4v) is 3.38. The molecule has 2 aromatic carbocycles. The van der Waals surface area contributed by atoms with Gasteiger partial charge in [0.05, 0.1) is 17.6 Å². The van der Waals surface area contributed by atoms with E-state index in [2.05, 4.69) is 10.3 Å². The number of aromatic nitrogens is 1. The quantitative estimate of drug-likeness (QED) is 0.554. The van der Waals surface area contributed by atoms with Crippen molar-refractivity contribution in [2.45, 2.75) is 30.5 Å². The van der Waals surface area contributed by atoms with Gasteiger partial charge in [-0.25, -0.2) is 4.98 Å². The molecule has 0 saturated heterocycles. The summed E-state index contributed by atoms with van der Waals surface area (Å²) < 4.78 is 0. The van der Waals surface area contributed by atoms with Crippen molar-refractivity contribution in [3.8, 4) is 5.75 Å². The van der Waals surface area contributed by atoms with Crippen molar-refractivity contribution in [2.24, 2.45) is 5.73 Å². The molecule has 1 heterocycles. The first-order valence-corrected chi connectivity index (χ1v) is 9.65. The molecular weight excluding hydrogens is 374 g/mol. The Labute approximate surface area is 167 Å². The fraction of sp³-hybridized carbons (Fsp3) is 0.190. The molecule has 1 aromatic heterocycles. The highest BCUT2D eigenvalue weighted by molar-refractivity contribution is 8.13. The van der Waals surface area contributed by atoms with Crippen LogP contribution in [0.15, 0.2) is 65.7 Å². The zero-order valence-corrected chi connectivity index (χ0v) is 16.1. The monoisotopic (exact) mass is 395 g/mol. The number of carbonyl (C=O) groups excluding carboxylic acids is 2. The number of hydrogen-bond donors (Lipinski definition) is 3. The van der Waals surface area contributed by atoms with E-state index in [-0.39, 0.29) is 10.9 Å². The van der Waals surface area contributed by atoms with E-state index < -0.39 is 18.0 Å². The SMILES string of the molecule is C[C@H](NC(=O)[C@@H](N)Cc1ccc(O)cc1)C(=O)Sc1ccc2ccccc2n1. The second-order valence-corrected chi connectivity index (χ2v) is 7.50. The van der Waals surface area contributed by atoms with Crippen LogP contribution in [0.1, 0.15) is 12.5 Å². The fourth-order valence-electron chi connectivity index (χ4n) is 2.65. The normalized spacial score (nSPS) is 13.1. The highest BCUT2D eigenvalue weighted by Crippen LogP contribution is 2.21. The number of thioether (sulfide) groups is 1. The lowest BCUT2D eigenvalue weighted by Crippen LogP contribution is -2.47. The largest absolute Gasteiger partial charge is 0.508 e. The smallest absolute Gasteiger partial charge is 0.237 e. The third-order valence-electron chi connectivity index (χ3n) is 4.22. The summed E-state index contributed by atoms with van der Waals surface area (Å²) in [4.78, 5) is 29.2. The molecule has 3 aromatic rings. The number of carbonyl (C=O) groups is 2. The maximum Gasteiger partial charge on any atom is 0.237 e. The Morgan fingerprint density at radius 1 is 1.11 bits per heavy atom. The van der Waals surface area contributed by atoms with E-state index in [0.717, 1.165) is 28.2 Å². The number of benzene rings is 2. The lowest BCUT2D eigenvalue weighted by Gasteiger charge is -2.16. The van der Waals surface area contributed by atoms with Crippen molar-refractivity contribution in [1.82, 2.24) is 10.3 Å². The van der Waals surface area contributed by atoms with Gasteiger partial charge in [0.15, 0.2) is 0 Å². The van der Waals surface area contributed by atoms with E-state index >= 15 is 0 Å². The summed E-state index contributed by atoms with van der Waals surface area (Å²) in [5.41, 5.74) is 7.59. The summed E-state index contributed by atoms with van der Waals surface area (Å²) in [6, 6.07) is 16.4. The van der Waals surface area contributed by atoms with Crippen molar-refractivity contribution in [2.75, 3.05) is 0 Å². The van der Waals surface area contributed by atoms with Gasteiger partial charge in [0.2, 0.25) is 11.0 Å². The van der Waals surface area contributed by atoms with E-state index in [1.165, 1.54) is 0 Å². The Balaban J connectivity index is 1.56. The summed E-state index contributed by atoms with van der Waals surface area (Å²) in [5.74, 6) is -0.249. The molecule has 6 nitrogen and oxygen atoms in total. The molecule has 1 amide bonds. The lowest BCUT2D eigenvalue weighted by molar-refractivity contribution is -0.125. The molecule has 0 unspecified atom stereocenters. The molecule has 28 heavy (non-hydrogen) atoms. The predicted molar refractivity (Wildman–Crippen MR) is 110 cm³/mol. The Kier molecular flexibility index (Phi) is 6.28. The van der Waals surface area contributed by atoms with Crippen molar-refractivity contribution >= 4 is 33.7 Å². The number of nitrogens with two attached hydrogens (primary N) is 1. The van der Waals surface area contributed by atoms with E-state index in [1.54, 1.807) is 37.3 Å². The number of pyridine rings is 1. The number of nitrogens with one attached hydrogen (secondary N) is 1. The van der Waals surface area contributed by atoms with Gasteiger partial charge in [0.1, 0.15) is 10.8 Å². The molecule has 144 valence electrons. The van der Waals surface area contributed by atoms with E-state index in [1.807, 2.05) is 30.3 Å². The highest BCUT2D eigenvalue weighted by atomic mass is 32.2. The molecule has 4 N–H and O–H groups in total. The summed E-state index contributed by atoms with van der Waals surface area (Å²) >= 11 is 0.992. The zero-order chi connectivity index (χ0) is 20.1. The topological polar surface area (TPSA) is 105 Å². The molecule has 0 radical (unpaired) electrons. The molecule has 2 atom stereocenters. The van der Waals surface area contributed by atoms with Gasteiger partial charge in [0.25, 0.3) is 0 Å². The molecule has 0 aliphatic heterocycles. The van der Waals surface area contributed by atoms with Crippen LogP contribution in [0.4, 0.5) is 0 Å². The number of nitrogens with zero attached hydrogens (tertiary/aromatic N) is 1. The van der Waals surface area contributed by atoms with Gasteiger partial charge in [-0.3, -0.25) is 9.59 Å². The van der Waals surface area contributed by atoms with Crippen molar-refractivity contribution in [3.05, 3.63) is 66.2 Å². The van der Waals surface area contributed by atoms with Crippen LogP contribution in [0.3, 0.4) is 0 Å². The van der Waals surface area contributed by atoms with Gasteiger partial charge in [-0.1, -0.05) is 36.4 Å². The lowest BCUT2D eigenvalue weighted by atomic mass is 10.1. The number of phenolic OH excluding ortho intramolecular Hbond substituents is 1. The maximum absolute atomic E-state index is 12.4. The first-order chi connectivity index (χ1) is 13.4. The Morgan fingerprint density at radius 3 is 2.57 bits per heavy atom.